The zero-order chi connectivity index (χ0) is 24.8. The molecular formula is C26H32N8O. The smallest absolute Gasteiger partial charge is 0.224 e. The summed E-state index contributed by atoms with van der Waals surface area (Å²) in [6.07, 6.45) is 5.40. The fourth-order valence-electron chi connectivity index (χ4n) is 4.27. The number of carbonyl (C=O) groups is 1. The summed E-state index contributed by atoms with van der Waals surface area (Å²) >= 11 is 0. The van der Waals surface area contributed by atoms with Crippen LogP contribution in [0.4, 0.5) is 11.6 Å². The highest BCUT2D eigenvalue weighted by atomic mass is 16.1. The summed E-state index contributed by atoms with van der Waals surface area (Å²) in [5.74, 6) is 1.91. The van der Waals surface area contributed by atoms with Crippen molar-refractivity contribution in [3.8, 4) is 5.82 Å². The van der Waals surface area contributed by atoms with Crippen molar-refractivity contribution >= 4 is 28.4 Å². The second-order valence-corrected chi connectivity index (χ2v) is 8.99. The molecular weight excluding hydrogens is 440 g/mol. The minimum absolute atomic E-state index is 0.0100. The first-order valence-electron chi connectivity index (χ1n) is 11.9. The number of nitrogens with zero attached hydrogens (tertiary/aromatic N) is 6. The lowest BCUT2D eigenvalue weighted by Gasteiger charge is -2.30. The molecule has 4 aromatic rings. The average molecular weight is 473 g/mol. The summed E-state index contributed by atoms with van der Waals surface area (Å²) in [5.41, 5.74) is 1.93. The molecule has 0 aliphatic rings. The number of benzene rings is 1. The summed E-state index contributed by atoms with van der Waals surface area (Å²) in [6.45, 7) is 10.2. The van der Waals surface area contributed by atoms with Crippen LogP contribution in [0.15, 0.2) is 61.2 Å². The molecule has 3 aromatic heterocycles. The third kappa shape index (κ3) is 5.99. The molecule has 1 amide bonds. The molecule has 9 heteroatoms. The van der Waals surface area contributed by atoms with Gasteiger partial charge >= 0.3 is 0 Å². The van der Waals surface area contributed by atoms with Gasteiger partial charge in [0, 0.05) is 43.0 Å². The fourth-order valence-corrected chi connectivity index (χ4v) is 4.27. The van der Waals surface area contributed by atoms with Gasteiger partial charge in [-0.05, 0) is 57.5 Å². The van der Waals surface area contributed by atoms with Gasteiger partial charge in [-0.15, -0.1) is 10.2 Å². The normalized spacial score (nSPS) is 11.5. The summed E-state index contributed by atoms with van der Waals surface area (Å²) < 4.78 is 1.97. The fraction of sp³-hybridized carbons (Fsp3) is 0.346. The van der Waals surface area contributed by atoms with Crippen molar-refractivity contribution in [1.82, 2.24) is 34.9 Å². The van der Waals surface area contributed by atoms with Gasteiger partial charge < -0.3 is 10.6 Å². The third-order valence-electron chi connectivity index (χ3n) is 5.90. The Labute approximate surface area is 205 Å². The van der Waals surface area contributed by atoms with Gasteiger partial charge in [0.2, 0.25) is 5.91 Å². The number of nitrogens with one attached hydrogen (secondary N) is 2. The molecule has 0 bridgehead atoms. The number of rotatable bonds is 10. The van der Waals surface area contributed by atoms with E-state index in [1.807, 2.05) is 47.2 Å². The van der Waals surface area contributed by atoms with Crippen molar-refractivity contribution in [3.63, 3.8) is 0 Å². The van der Waals surface area contributed by atoms with Crippen molar-refractivity contribution in [3.05, 3.63) is 66.7 Å². The summed E-state index contributed by atoms with van der Waals surface area (Å²) in [6, 6.07) is 14.4. The van der Waals surface area contributed by atoms with E-state index in [2.05, 4.69) is 63.4 Å². The topological polar surface area (TPSA) is 101 Å². The molecule has 0 radical (unpaired) electrons. The Balaban J connectivity index is 1.47. The van der Waals surface area contributed by atoms with E-state index >= 15 is 0 Å². The van der Waals surface area contributed by atoms with Crippen molar-refractivity contribution in [2.45, 2.75) is 46.2 Å². The van der Waals surface area contributed by atoms with Crippen LogP contribution in [-0.4, -0.2) is 60.7 Å². The zero-order valence-corrected chi connectivity index (χ0v) is 20.6. The quantitative estimate of drug-likeness (QED) is 0.363. The molecule has 182 valence electrons. The standard InChI is InChI=1S/C26H32N8O/c1-18(2)33(19(3)4)14-13-28-26(35)15-20-16-34(22-8-6-5-7-21(20)22)25-10-9-24(31-32-25)30-23-11-12-27-17-29-23/h5-12,16-19H,13-15H2,1-4H3,(H,28,35)(H,27,29,30,31). The van der Waals surface area contributed by atoms with E-state index in [1.54, 1.807) is 12.3 Å². The molecule has 0 fully saturated rings. The maximum Gasteiger partial charge on any atom is 0.224 e. The SMILES string of the molecule is CC(C)N(CCNC(=O)Cc1cn(-c2ccc(Nc3ccncn3)nn2)c2ccccc12)C(C)C. The molecule has 0 atom stereocenters. The largest absolute Gasteiger partial charge is 0.355 e. The van der Waals surface area contributed by atoms with E-state index in [-0.39, 0.29) is 5.91 Å². The van der Waals surface area contributed by atoms with Gasteiger partial charge in [0.05, 0.1) is 11.9 Å². The number of anilines is 2. The monoisotopic (exact) mass is 472 g/mol. The Bertz CT molecular complexity index is 1240. The Morgan fingerprint density at radius 1 is 1.00 bits per heavy atom. The van der Waals surface area contributed by atoms with Gasteiger partial charge in [-0.3, -0.25) is 14.3 Å². The van der Waals surface area contributed by atoms with Crippen LogP contribution in [0.3, 0.4) is 0 Å². The van der Waals surface area contributed by atoms with Gasteiger partial charge in [0.1, 0.15) is 12.1 Å². The van der Waals surface area contributed by atoms with Crippen LogP contribution in [0, 0.1) is 0 Å². The van der Waals surface area contributed by atoms with E-state index in [1.165, 1.54) is 6.33 Å². The van der Waals surface area contributed by atoms with Crippen molar-refractivity contribution in [2.75, 3.05) is 18.4 Å². The Morgan fingerprint density at radius 2 is 1.80 bits per heavy atom. The molecule has 2 N–H and O–H groups in total. The second kappa shape index (κ2) is 11.1. The summed E-state index contributed by atoms with van der Waals surface area (Å²) in [5, 5.41) is 15.9. The Hall–Kier alpha value is -3.85. The molecule has 0 aliphatic heterocycles. The van der Waals surface area contributed by atoms with Crippen LogP contribution in [0.25, 0.3) is 16.7 Å². The van der Waals surface area contributed by atoms with Gasteiger partial charge in [0.25, 0.3) is 0 Å². The molecule has 0 spiro atoms. The maximum atomic E-state index is 12.8. The molecule has 1 aromatic carbocycles. The number of para-hydroxylation sites is 1. The number of carbonyl (C=O) groups excluding carboxylic acids is 1. The minimum atomic E-state index is 0.0100. The number of aromatic nitrogens is 5. The van der Waals surface area contributed by atoms with E-state index in [9.17, 15) is 4.79 Å². The first kappa shape index (κ1) is 24.3. The third-order valence-corrected chi connectivity index (χ3v) is 5.90. The predicted octanol–water partition coefficient (Wildman–Crippen LogP) is 3.73. The average Bonchev–Trinajstić information content (AvgIpc) is 3.21. The molecule has 9 nitrogen and oxygen atoms in total. The van der Waals surface area contributed by atoms with Gasteiger partial charge in [-0.1, -0.05) is 18.2 Å². The van der Waals surface area contributed by atoms with Crippen molar-refractivity contribution in [1.29, 1.82) is 0 Å². The maximum absolute atomic E-state index is 12.8. The molecule has 0 saturated carbocycles. The van der Waals surface area contributed by atoms with E-state index in [0.29, 0.717) is 42.5 Å². The van der Waals surface area contributed by atoms with Crippen LogP contribution < -0.4 is 10.6 Å². The van der Waals surface area contributed by atoms with Gasteiger partial charge in [-0.25, -0.2) is 9.97 Å². The van der Waals surface area contributed by atoms with Gasteiger partial charge in [0.15, 0.2) is 11.6 Å². The molecule has 0 saturated heterocycles. The molecule has 0 aliphatic carbocycles. The molecule has 35 heavy (non-hydrogen) atoms. The lowest BCUT2D eigenvalue weighted by Crippen LogP contribution is -2.42. The Morgan fingerprint density at radius 3 is 2.49 bits per heavy atom. The van der Waals surface area contributed by atoms with Crippen LogP contribution >= 0.6 is 0 Å². The van der Waals surface area contributed by atoms with Crippen molar-refractivity contribution in [2.24, 2.45) is 0 Å². The first-order chi connectivity index (χ1) is 16.9. The van der Waals surface area contributed by atoms with Gasteiger partial charge in [-0.2, -0.15) is 0 Å². The number of hydrogen-bond acceptors (Lipinski definition) is 7. The molecule has 3 heterocycles. The van der Waals surface area contributed by atoms with Crippen LogP contribution in [0.1, 0.15) is 33.3 Å². The number of hydrogen-bond donors (Lipinski definition) is 2. The van der Waals surface area contributed by atoms with E-state index < -0.39 is 0 Å². The van der Waals surface area contributed by atoms with Crippen LogP contribution in [-0.2, 0) is 11.2 Å². The summed E-state index contributed by atoms with van der Waals surface area (Å²) in [4.78, 5) is 23.2. The first-order valence-corrected chi connectivity index (χ1v) is 11.9. The lowest BCUT2D eigenvalue weighted by molar-refractivity contribution is -0.120. The van der Waals surface area contributed by atoms with Crippen LogP contribution in [0.5, 0.6) is 0 Å². The molecule has 4 rings (SSSR count). The number of amides is 1. The van der Waals surface area contributed by atoms with E-state index in [4.69, 9.17) is 0 Å². The minimum Gasteiger partial charge on any atom is -0.355 e. The summed E-state index contributed by atoms with van der Waals surface area (Å²) in [7, 11) is 0. The zero-order valence-electron chi connectivity index (χ0n) is 20.6. The van der Waals surface area contributed by atoms with E-state index in [0.717, 1.165) is 23.0 Å². The van der Waals surface area contributed by atoms with Crippen molar-refractivity contribution < 1.29 is 4.79 Å². The lowest BCUT2D eigenvalue weighted by atomic mass is 10.1. The number of fused-ring (bicyclic) bond motifs is 1. The predicted molar refractivity (Wildman–Crippen MR) is 138 cm³/mol. The Kier molecular flexibility index (Phi) is 7.67. The van der Waals surface area contributed by atoms with Crippen LogP contribution in [0.2, 0.25) is 0 Å². The molecule has 0 unspecified atom stereocenters. The highest BCUT2D eigenvalue weighted by Gasteiger charge is 2.16. The second-order valence-electron chi connectivity index (χ2n) is 8.99. The highest BCUT2D eigenvalue weighted by Crippen LogP contribution is 2.25. The highest BCUT2D eigenvalue weighted by molar-refractivity contribution is 5.90.